The largest absolute Gasteiger partial charge is 0.394 e. The molecule has 1 aliphatic heterocycles. The quantitative estimate of drug-likeness (QED) is 0.560. The maximum Gasteiger partial charge on any atom is 0.249 e. The summed E-state index contributed by atoms with van der Waals surface area (Å²) in [6, 6.07) is 0. The Labute approximate surface area is 83.4 Å². The third kappa shape index (κ3) is 4.04. The molecule has 5 heteroatoms. The second kappa shape index (κ2) is 6.75. The number of rotatable bonds is 6. The normalized spacial score (nSPS) is 21.1. The minimum atomic E-state index is -0.271. The molecular formula is C9H17NO4. The fourth-order valence-corrected chi connectivity index (χ4v) is 1.31. The smallest absolute Gasteiger partial charge is 0.249 e. The lowest BCUT2D eigenvalue weighted by Crippen LogP contribution is -2.36. The van der Waals surface area contributed by atoms with Crippen molar-refractivity contribution in [3.63, 3.8) is 0 Å². The van der Waals surface area contributed by atoms with Crippen LogP contribution in [0.4, 0.5) is 0 Å². The minimum absolute atomic E-state index is 0.0136. The molecule has 82 valence electrons. The van der Waals surface area contributed by atoms with Crippen LogP contribution >= 0.6 is 0 Å². The highest BCUT2D eigenvalue weighted by molar-refractivity contribution is 5.80. The Morgan fingerprint density at radius 2 is 2.43 bits per heavy atom. The number of amides is 1. The fourth-order valence-electron chi connectivity index (χ4n) is 1.31. The predicted molar refractivity (Wildman–Crippen MR) is 49.9 cm³/mol. The number of aliphatic hydroxyl groups is 1. The van der Waals surface area contributed by atoms with Crippen LogP contribution < -0.4 is 5.32 Å². The fraction of sp³-hybridized carbons (Fsp3) is 0.889. The van der Waals surface area contributed by atoms with E-state index < -0.39 is 0 Å². The van der Waals surface area contributed by atoms with Gasteiger partial charge in [-0.25, -0.2) is 0 Å². The van der Waals surface area contributed by atoms with Crippen LogP contribution in [0.3, 0.4) is 0 Å². The van der Waals surface area contributed by atoms with Gasteiger partial charge in [0.05, 0.1) is 19.8 Å². The second-order valence-electron chi connectivity index (χ2n) is 3.13. The third-order valence-corrected chi connectivity index (χ3v) is 2.00. The maximum atomic E-state index is 11.3. The van der Waals surface area contributed by atoms with E-state index in [-0.39, 0.29) is 18.6 Å². The van der Waals surface area contributed by atoms with E-state index in [2.05, 4.69) is 5.32 Å². The number of hydrogen-bond donors (Lipinski definition) is 2. The van der Waals surface area contributed by atoms with Crippen LogP contribution in [0.1, 0.15) is 12.8 Å². The molecule has 0 bridgehead atoms. The van der Waals surface area contributed by atoms with E-state index in [0.717, 1.165) is 12.8 Å². The van der Waals surface area contributed by atoms with Gasteiger partial charge < -0.3 is 19.9 Å². The van der Waals surface area contributed by atoms with Gasteiger partial charge >= 0.3 is 0 Å². The summed E-state index contributed by atoms with van der Waals surface area (Å²) in [6.07, 6.45) is 1.50. The van der Waals surface area contributed by atoms with Crippen molar-refractivity contribution in [2.24, 2.45) is 0 Å². The minimum Gasteiger partial charge on any atom is -0.394 e. The second-order valence-corrected chi connectivity index (χ2v) is 3.13. The summed E-state index contributed by atoms with van der Waals surface area (Å²) in [5.74, 6) is -0.0601. The molecule has 0 aromatic heterocycles. The SMILES string of the molecule is O=C(NCCOCCO)C1CCCO1. The van der Waals surface area contributed by atoms with Gasteiger partial charge in [-0.2, -0.15) is 0 Å². The van der Waals surface area contributed by atoms with E-state index in [1.165, 1.54) is 0 Å². The molecule has 1 heterocycles. The van der Waals surface area contributed by atoms with Crippen LogP contribution in [0.2, 0.25) is 0 Å². The molecule has 1 saturated heterocycles. The first-order chi connectivity index (χ1) is 6.84. The number of carbonyl (C=O) groups is 1. The lowest BCUT2D eigenvalue weighted by atomic mass is 10.2. The zero-order valence-electron chi connectivity index (χ0n) is 8.20. The highest BCUT2D eigenvalue weighted by Gasteiger charge is 2.22. The van der Waals surface area contributed by atoms with Crippen molar-refractivity contribution in [1.29, 1.82) is 0 Å². The van der Waals surface area contributed by atoms with Gasteiger partial charge in [0.1, 0.15) is 6.10 Å². The summed E-state index contributed by atoms with van der Waals surface area (Å²) in [7, 11) is 0. The summed E-state index contributed by atoms with van der Waals surface area (Å²) >= 11 is 0. The van der Waals surface area contributed by atoms with Gasteiger partial charge in [-0.05, 0) is 12.8 Å². The first-order valence-electron chi connectivity index (χ1n) is 4.92. The van der Waals surface area contributed by atoms with Gasteiger partial charge in [-0.15, -0.1) is 0 Å². The van der Waals surface area contributed by atoms with Gasteiger partial charge in [0, 0.05) is 13.2 Å². The zero-order valence-corrected chi connectivity index (χ0v) is 8.20. The Morgan fingerprint density at radius 1 is 1.57 bits per heavy atom. The molecule has 14 heavy (non-hydrogen) atoms. The lowest BCUT2D eigenvalue weighted by Gasteiger charge is -2.10. The summed E-state index contributed by atoms with van der Waals surface area (Å²) in [5, 5.41) is 11.1. The van der Waals surface area contributed by atoms with Crippen molar-refractivity contribution >= 4 is 5.91 Å². The average Bonchev–Trinajstić information content (AvgIpc) is 2.70. The highest BCUT2D eigenvalue weighted by Crippen LogP contribution is 2.11. The number of nitrogens with one attached hydrogen (secondary N) is 1. The molecule has 1 unspecified atom stereocenters. The molecule has 1 aliphatic rings. The van der Waals surface area contributed by atoms with Crippen LogP contribution in [0.5, 0.6) is 0 Å². The molecule has 1 atom stereocenters. The number of carbonyl (C=O) groups excluding carboxylic acids is 1. The van der Waals surface area contributed by atoms with Crippen LogP contribution in [0.15, 0.2) is 0 Å². The van der Waals surface area contributed by atoms with E-state index in [9.17, 15) is 4.79 Å². The summed E-state index contributed by atoms with van der Waals surface area (Å²) in [5.41, 5.74) is 0. The van der Waals surface area contributed by atoms with Crippen molar-refractivity contribution in [3.05, 3.63) is 0 Å². The Hall–Kier alpha value is -0.650. The number of aliphatic hydroxyl groups excluding tert-OH is 1. The Kier molecular flexibility index (Phi) is 5.51. The average molecular weight is 203 g/mol. The molecule has 2 N–H and O–H groups in total. The van der Waals surface area contributed by atoms with E-state index in [0.29, 0.717) is 26.4 Å². The molecule has 1 amide bonds. The van der Waals surface area contributed by atoms with Gasteiger partial charge in [0.25, 0.3) is 0 Å². The first-order valence-corrected chi connectivity index (χ1v) is 4.92. The summed E-state index contributed by atoms with van der Waals surface area (Å²) in [6.45, 7) is 1.91. The predicted octanol–water partition coefficient (Wildman–Crippen LogP) is -0.710. The van der Waals surface area contributed by atoms with E-state index in [1.807, 2.05) is 0 Å². The summed E-state index contributed by atoms with van der Waals surface area (Å²) < 4.78 is 10.2. The lowest BCUT2D eigenvalue weighted by molar-refractivity contribution is -0.130. The van der Waals surface area contributed by atoms with Crippen LogP contribution in [0, 0.1) is 0 Å². The Balaban J connectivity index is 1.97. The monoisotopic (exact) mass is 203 g/mol. The maximum absolute atomic E-state index is 11.3. The van der Waals surface area contributed by atoms with Gasteiger partial charge in [0.2, 0.25) is 5.91 Å². The highest BCUT2D eigenvalue weighted by atomic mass is 16.5. The van der Waals surface area contributed by atoms with Crippen molar-refractivity contribution in [2.45, 2.75) is 18.9 Å². The van der Waals surface area contributed by atoms with Crippen molar-refractivity contribution in [1.82, 2.24) is 5.32 Å². The van der Waals surface area contributed by atoms with Gasteiger partial charge in [-0.1, -0.05) is 0 Å². The van der Waals surface area contributed by atoms with E-state index in [4.69, 9.17) is 14.6 Å². The molecule has 0 radical (unpaired) electrons. The molecule has 1 fully saturated rings. The van der Waals surface area contributed by atoms with Crippen LogP contribution in [0.25, 0.3) is 0 Å². The van der Waals surface area contributed by atoms with Crippen LogP contribution in [-0.2, 0) is 14.3 Å². The number of ether oxygens (including phenoxy) is 2. The number of hydrogen-bond acceptors (Lipinski definition) is 4. The molecular weight excluding hydrogens is 186 g/mol. The van der Waals surface area contributed by atoms with Gasteiger partial charge in [-0.3, -0.25) is 4.79 Å². The Morgan fingerprint density at radius 3 is 3.07 bits per heavy atom. The molecule has 0 saturated carbocycles. The van der Waals surface area contributed by atoms with Crippen LogP contribution in [-0.4, -0.2) is 50.1 Å². The van der Waals surface area contributed by atoms with Gasteiger partial charge in [0.15, 0.2) is 0 Å². The van der Waals surface area contributed by atoms with E-state index >= 15 is 0 Å². The third-order valence-electron chi connectivity index (χ3n) is 2.00. The molecule has 0 aliphatic carbocycles. The molecule has 1 rings (SSSR count). The van der Waals surface area contributed by atoms with Crippen molar-refractivity contribution in [3.8, 4) is 0 Å². The molecule has 0 aromatic rings. The molecule has 0 spiro atoms. The van der Waals surface area contributed by atoms with Crippen molar-refractivity contribution in [2.75, 3.05) is 33.0 Å². The molecule has 5 nitrogen and oxygen atoms in total. The molecule has 0 aromatic carbocycles. The first kappa shape index (κ1) is 11.4. The standard InChI is InChI=1S/C9H17NO4/c11-4-7-13-6-3-10-9(12)8-2-1-5-14-8/h8,11H,1-7H2,(H,10,12). The summed E-state index contributed by atoms with van der Waals surface area (Å²) in [4.78, 5) is 11.3. The van der Waals surface area contributed by atoms with Crippen molar-refractivity contribution < 1.29 is 19.4 Å². The topological polar surface area (TPSA) is 67.8 Å². The van der Waals surface area contributed by atoms with E-state index in [1.54, 1.807) is 0 Å². The Bertz CT molecular complexity index is 168. The zero-order chi connectivity index (χ0) is 10.2.